The van der Waals surface area contributed by atoms with E-state index in [2.05, 4.69) is 5.32 Å². The van der Waals surface area contributed by atoms with Crippen LogP contribution < -0.4 is 5.32 Å². The van der Waals surface area contributed by atoms with Crippen molar-refractivity contribution in [3.63, 3.8) is 0 Å². The number of allylic oxidation sites excluding steroid dienone is 3. The zero-order valence-electron chi connectivity index (χ0n) is 12.0. The monoisotopic (exact) mass is 307 g/mol. The first-order valence-corrected chi connectivity index (χ1v) is 6.91. The highest BCUT2D eigenvalue weighted by Crippen LogP contribution is 2.17. The molecule has 0 aliphatic heterocycles. The van der Waals surface area contributed by atoms with E-state index in [1.54, 1.807) is 30.4 Å². The maximum absolute atomic E-state index is 11.7. The Hall–Kier alpha value is -2.07. The Labute approximate surface area is 129 Å². The van der Waals surface area contributed by atoms with Crippen LogP contribution in [0.2, 0.25) is 5.02 Å². The minimum atomic E-state index is -0.557. The summed E-state index contributed by atoms with van der Waals surface area (Å²) < 4.78 is 4.81. The molecule has 0 saturated heterocycles. The molecule has 0 radical (unpaired) electrons. The lowest BCUT2D eigenvalue weighted by atomic mass is 10.1. The van der Waals surface area contributed by atoms with Gasteiger partial charge in [0.15, 0.2) is 6.61 Å². The minimum Gasteiger partial charge on any atom is -0.452 e. The maximum atomic E-state index is 11.7. The third-order valence-electron chi connectivity index (χ3n) is 2.61. The van der Waals surface area contributed by atoms with Gasteiger partial charge in [-0.05, 0) is 31.5 Å². The molecule has 1 amide bonds. The molecule has 0 bridgehead atoms. The second kappa shape index (κ2) is 8.97. The molecule has 0 spiro atoms. The van der Waals surface area contributed by atoms with Crippen LogP contribution in [0.3, 0.4) is 0 Å². The molecule has 4 nitrogen and oxygen atoms in total. The predicted octanol–water partition coefficient (Wildman–Crippen LogP) is 3.19. The van der Waals surface area contributed by atoms with Crippen LogP contribution in [0.4, 0.5) is 0 Å². The first-order chi connectivity index (χ1) is 10.0. The zero-order chi connectivity index (χ0) is 15.7. The number of ether oxygens (including phenoxy) is 1. The summed E-state index contributed by atoms with van der Waals surface area (Å²) in [5.74, 6) is -0.922. The molecular weight excluding hydrogens is 290 g/mol. The number of halogens is 1. The number of benzene rings is 1. The average molecular weight is 308 g/mol. The van der Waals surface area contributed by atoms with Gasteiger partial charge in [0.05, 0.1) is 6.04 Å². The summed E-state index contributed by atoms with van der Waals surface area (Å²) in [6.07, 6.45) is 6.29. The van der Waals surface area contributed by atoms with E-state index in [4.69, 9.17) is 16.3 Å². The van der Waals surface area contributed by atoms with Crippen molar-refractivity contribution in [2.24, 2.45) is 0 Å². The summed E-state index contributed by atoms with van der Waals surface area (Å²) in [4.78, 5) is 23.0. The number of esters is 1. The smallest absolute Gasteiger partial charge is 0.331 e. The Kier molecular flexibility index (Phi) is 7.26. The van der Waals surface area contributed by atoms with Gasteiger partial charge >= 0.3 is 5.97 Å². The van der Waals surface area contributed by atoms with Gasteiger partial charge in [0.25, 0.3) is 5.91 Å². The SMILES string of the molecule is C/C=C/C=C/C(=O)OCC(=O)N[C@@H](C)c1cccc(Cl)c1. The van der Waals surface area contributed by atoms with Gasteiger partial charge in [0.2, 0.25) is 0 Å². The lowest BCUT2D eigenvalue weighted by Gasteiger charge is -2.14. The Balaban J connectivity index is 2.41. The normalized spacial score (nSPS) is 12.5. The number of carbonyl (C=O) groups is 2. The van der Waals surface area contributed by atoms with Crippen molar-refractivity contribution in [1.82, 2.24) is 5.32 Å². The van der Waals surface area contributed by atoms with Gasteiger partial charge in [0.1, 0.15) is 0 Å². The number of amides is 1. The molecule has 1 aromatic rings. The van der Waals surface area contributed by atoms with Crippen molar-refractivity contribution in [1.29, 1.82) is 0 Å². The molecule has 21 heavy (non-hydrogen) atoms. The number of rotatable bonds is 6. The molecule has 0 aliphatic carbocycles. The van der Waals surface area contributed by atoms with Crippen LogP contribution in [0.1, 0.15) is 25.5 Å². The molecule has 5 heteroatoms. The quantitative estimate of drug-likeness (QED) is 0.499. The van der Waals surface area contributed by atoms with Crippen molar-refractivity contribution >= 4 is 23.5 Å². The van der Waals surface area contributed by atoms with E-state index in [0.29, 0.717) is 5.02 Å². The van der Waals surface area contributed by atoms with Gasteiger partial charge in [-0.3, -0.25) is 4.79 Å². The summed E-state index contributed by atoms with van der Waals surface area (Å²) in [6.45, 7) is 3.35. The standard InChI is InChI=1S/C16H18ClNO3/c1-3-4-5-9-16(20)21-11-15(19)18-12(2)13-7-6-8-14(17)10-13/h3-10,12H,11H2,1-2H3,(H,18,19)/b4-3+,9-5+/t12-/m0/s1. The molecule has 1 aromatic carbocycles. The first-order valence-electron chi connectivity index (χ1n) is 6.54. The number of carbonyl (C=O) groups excluding carboxylic acids is 2. The fourth-order valence-electron chi connectivity index (χ4n) is 1.57. The predicted molar refractivity (Wildman–Crippen MR) is 82.9 cm³/mol. The highest BCUT2D eigenvalue weighted by Gasteiger charge is 2.11. The highest BCUT2D eigenvalue weighted by atomic mass is 35.5. The summed E-state index contributed by atoms with van der Waals surface area (Å²) in [5, 5.41) is 3.34. The van der Waals surface area contributed by atoms with E-state index in [1.165, 1.54) is 6.08 Å². The zero-order valence-corrected chi connectivity index (χ0v) is 12.8. The van der Waals surface area contributed by atoms with Crippen molar-refractivity contribution in [2.75, 3.05) is 6.61 Å². The average Bonchev–Trinajstić information content (AvgIpc) is 2.45. The van der Waals surface area contributed by atoms with E-state index >= 15 is 0 Å². The molecule has 0 unspecified atom stereocenters. The third kappa shape index (κ3) is 6.77. The van der Waals surface area contributed by atoms with E-state index in [1.807, 2.05) is 26.0 Å². The van der Waals surface area contributed by atoms with Gasteiger partial charge in [-0.25, -0.2) is 4.79 Å². The van der Waals surface area contributed by atoms with Crippen molar-refractivity contribution in [3.8, 4) is 0 Å². The third-order valence-corrected chi connectivity index (χ3v) is 2.84. The van der Waals surface area contributed by atoms with Crippen LogP contribution in [-0.2, 0) is 14.3 Å². The number of nitrogens with one attached hydrogen (secondary N) is 1. The second-order valence-electron chi connectivity index (χ2n) is 4.34. The summed E-state index contributed by atoms with van der Waals surface area (Å²) >= 11 is 5.89. The molecule has 112 valence electrons. The molecule has 0 heterocycles. The molecule has 1 N–H and O–H groups in total. The fourth-order valence-corrected chi connectivity index (χ4v) is 1.77. The molecular formula is C16H18ClNO3. The van der Waals surface area contributed by atoms with Crippen molar-refractivity contribution < 1.29 is 14.3 Å². The number of hydrogen-bond donors (Lipinski definition) is 1. The van der Waals surface area contributed by atoms with Gasteiger partial charge in [-0.15, -0.1) is 0 Å². The first kappa shape index (κ1) is 17.0. The molecule has 1 rings (SSSR count). The van der Waals surface area contributed by atoms with Crippen LogP contribution in [0.25, 0.3) is 0 Å². The Morgan fingerprint density at radius 1 is 1.38 bits per heavy atom. The Bertz CT molecular complexity index is 552. The Morgan fingerprint density at radius 2 is 2.14 bits per heavy atom. The van der Waals surface area contributed by atoms with E-state index < -0.39 is 5.97 Å². The van der Waals surface area contributed by atoms with Gasteiger partial charge in [-0.2, -0.15) is 0 Å². The lowest BCUT2D eigenvalue weighted by Crippen LogP contribution is -2.30. The topological polar surface area (TPSA) is 55.4 Å². The Morgan fingerprint density at radius 3 is 2.81 bits per heavy atom. The molecule has 1 atom stereocenters. The van der Waals surface area contributed by atoms with Crippen LogP contribution in [0.15, 0.2) is 48.6 Å². The lowest BCUT2D eigenvalue weighted by molar-refractivity contribution is -0.144. The summed E-state index contributed by atoms with van der Waals surface area (Å²) in [5.41, 5.74) is 0.884. The van der Waals surface area contributed by atoms with Gasteiger partial charge < -0.3 is 10.1 Å². The van der Waals surface area contributed by atoms with Crippen molar-refractivity contribution in [3.05, 3.63) is 59.2 Å². The largest absolute Gasteiger partial charge is 0.452 e. The maximum Gasteiger partial charge on any atom is 0.331 e. The van der Waals surface area contributed by atoms with E-state index in [0.717, 1.165) is 5.56 Å². The summed E-state index contributed by atoms with van der Waals surface area (Å²) in [7, 11) is 0. The molecule has 0 aromatic heterocycles. The number of hydrogen-bond acceptors (Lipinski definition) is 3. The second-order valence-corrected chi connectivity index (χ2v) is 4.77. The molecule has 0 fully saturated rings. The molecule has 0 saturated carbocycles. The van der Waals surface area contributed by atoms with E-state index in [-0.39, 0.29) is 18.6 Å². The van der Waals surface area contributed by atoms with Gasteiger partial charge in [0, 0.05) is 11.1 Å². The van der Waals surface area contributed by atoms with Gasteiger partial charge in [-0.1, -0.05) is 42.0 Å². The van der Waals surface area contributed by atoms with Crippen LogP contribution >= 0.6 is 11.6 Å². The van der Waals surface area contributed by atoms with Crippen LogP contribution in [0.5, 0.6) is 0 Å². The van der Waals surface area contributed by atoms with E-state index in [9.17, 15) is 9.59 Å². The van der Waals surface area contributed by atoms with Crippen LogP contribution in [0, 0.1) is 0 Å². The molecule has 0 aliphatic rings. The minimum absolute atomic E-state index is 0.214. The van der Waals surface area contributed by atoms with Crippen molar-refractivity contribution in [2.45, 2.75) is 19.9 Å². The highest BCUT2D eigenvalue weighted by molar-refractivity contribution is 6.30. The fraction of sp³-hybridized carbons (Fsp3) is 0.250. The van der Waals surface area contributed by atoms with Crippen LogP contribution in [-0.4, -0.2) is 18.5 Å². The summed E-state index contributed by atoms with van der Waals surface area (Å²) in [6, 6.07) is 7.00.